The number of fused-ring (bicyclic) bond motifs is 1. The maximum atomic E-state index is 12.6. The smallest absolute Gasteiger partial charge is 0.317 e. The van der Waals surface area contributed by atoms with E-state index in [0.717, 1.165) is 45.4 Å². The van der Waals surface area contributed by atoms with Gasteiger partial charge in [0.25, 0.3) is 0 Å². The number of urea groups is 1. The zero-order valence-corrected chi connectivity index (χ0v) is 15.2. The Morgan fingerprint density at radius 1 is 1.19 bits per heavy atom. The summed E-state index contributed by atoms with van der Waals surface area (Å²) in [7, 11) is 0. The fourth-order valence-electron chi connectivity index (χ4n) is 4.16. The molecule has 2 amide bonds. The molecule has 1 aromatic heterocycles. The molecule has 0 saturated carbocycles. The van der Waals surface area contributed by atoms with Crippen LogP contribution in [0.15, 0.2) is 42.7 Å². The molecule has 0 spiro atoms. The molecule has 0 aliphatic carbocycles. The summed E-state index contributed by atoms with van der Waals surface area (Å²) >= 11 is 0. The minimum atomic E-state index is 0.0601. The lowest BCUT2D eigenvalue weighted by Gasteiger charge is -2.32. The molecular weight excluding hydrogens is 326 g/mol. The van der Waals surface area contributed by atoms with E-state index in [1.807, 2.05) is 21.8 Å². The number of amides is 2. The van der Waals surface area contributed by atoms with Gasteiger partial charge < -0.3 is 15.1 Å². The molecule has 2 aliphatic heterocycles. The predicted octanol–water partition coefficient (Wildman–Crippen LogP) is 2.51. The van der Waals surface area contributed by atoms with E-state index in [4.69, 9.17) is 0 Å². The minimum absolute atomic E-state index is 0.0601. The molecule has 6 heteroatoms. The molecule has 2 aromatic rings. The number of hydrogen-bond donors (Lipinski definition) is 1. The fourth-order valence-corrected chi connectivity index (χ4v) is 4.16. The second kappa shape index (κ2) is 7.81. The summed E-state index contributed by atoms with van der Waals surface area (Å²) in [6.07, 6.45) is 8.20. The summed E-state index contributed by atoms with van der Waals surface area (Å²) in [6.45, 7) is 4.22. The highest BCUT2D eigenvalue weighted by atomic mass is 16.2. The number of hydrogen-bond acceptors (Lipinski definition) is 3. The molecule has 26 heavy (non-hydrogen) atoms. The van der Waals surface area contributed by atoms with Gasteiger partial charge in [0.2, 0.25) is 0 Å². The Labute approximate surface area is 154 Å². The minimum Gasteiger partial charge on any atom is -0.370 e. The van der Waals surface area contributed by atoms with Gasteiger partial charge in [0.15, 0.2) is 0 Å². The molecule has 2 aliphatic rings. The number of benzene rings is 1. The maximum absolute atomic E-state index is 12.6. The lowest BCUT2D eigenvalue weighted by molar-refractivity contribution is 0.186. The highest BCUT2D eigenvalue weighted by molar-refractivity contribution is 5.75. The molecular formula is C20H27N5O. The number of aromatic nitrogens is 2. The molecule has 0 unspecified atom stereocenters. The first-order valence-electron chi connectivity index (χ1n) is 9.66. The fraction of sp³-hybridized carbons (Fsp3) is 0.500. The van der Waals surface area contributed by atoms with Crippen LogP contribution in [0.3, 0.4) is 0 Å². The standard InChI is InChI=1S/C20H27N5O/c26-20(25-14-4-8-18(25)16-24-13-5-10-22-24)21-11-15-23-12-3-7-17-6-1-2-9-19(17)23/h1-2,5-6,9-10,13,18H,3-4,7-8,11-12,14-16H2,(H,21,26)/t18-/m1/s1. The van der Waals surface area contributed by atoms with Crippen molar-refractivity contribution in [3.05, 3.63) is 48.3 Å². The van der Waals surface area contributed by atoms with Crippen molar-refractivity contribution in [2.75, 3.05) is 31.1 Å². The number of anilines is 1. The summed E-state index contributed by atoms with van der Waals surface area (Å²) < 4.78 is 1.92. The van der Waals surface area contributed by atoms with Crippen molar-refractivity contribution in [3.63, 3.8) is 0 Å². The normalized spacial score (nSPS) is 19.5. The number of nitrogens with one attached hydrogen (secondary N) is 1. The van der Waals surface area contributed by atoms with Crippen LogP contribution in [0.4, 0.5) is 10.5 Å². The third-order valence-corrected chi connectivity index (χ3v) is 5.46. The highest BCUT2D eigenvalue weighted by Gasteiger charge is 2.29. The van der Waals surface area contributed by atoms with Gasteiger partial charge in [-0.25, -0.2) is 4.79 Å². The Kier molecular flexibility index (Phi) is 5.09. The van der Waals surface area contributed by atoms with Gasteiger partial charge in [0.1, 0.15) is 0 Å². The molecule has 1 atom stereocenters. The number of aryl methyl sites for hydroxylation is 1. The third-order valence-electron chi connectivity index (χ3n) is 5.46. The first kappa shape index (κ1) is 16.9. The summed E-state index contributed by atoms with van der Waals surface area (Å²) in [5.41, 5.74) is 2.75. The van der Waals surface area contributed by atoms with Crippen molar-refractivity contribution in [2.45, 2.75) is 38.3 Å². The number of para-hydroxylation sites is 1. The van der Waals surface area contributed by atoms with Gasteiger partial charge in [-0.1, -0.05) is 18.2 Å². The van der Waals surface area contributed by atoms with Crippen LogP contribution in [0.1, 0.15) is 24.8 Å². The average Bonchev–Trinajstić information content (AvgIpc) is 3.34. The summed E-state index contributed by atoms with van der Waals surface area (Å²) in [6, 6.07) is 10.8. The van der Waals surface area contributed by atoms with Gasteiger partial charge in [-0.05, 0) is 43.4 Å². The van der Waals surface area contributed by atoms with Crippen molar-refractivity contribution in [1.82, 2.24) is 20.0 Å². The first-order chi connectivity index (χ1) is 12.8. The summed E-state index contributed by atoms with van der Waals surface area (Å²) in [4.78, 5) is 17.0. The molecule has 1 fully saturated rings. The first-order valence-corrected chi connectivity index (χ1v) is 9.66. The van der Waals surface area contributed by atoms with E-state index in [-0.39, 0.29) is 12.1 Å². The van der Waals surface area contributed by atoms with Crippen molar-refractivity contribution < 1.29 is 4.79 Å². The van der Waals surface area contributed by atoms with Crippen LogP contribution in [0.25, 0.3) is 0 Å². The molecule has 138 valence electrons. The molecule has 6 nitrogen and oxygen atoms in total. The molecule has 1 N–H and O–H groups in total. The van der Waals surface area contributed by atoms with Gasteiger partial charge in [-0.2, -0.15) is 5.10 Å². The number of carbonyl (C=O) groups excluding carboxylic acids is 1. The van der Waals surface area contributed by atoms with Crippen molar-refractivity contribution in [2.24, 2.45) is 0 Å². The Hall–Kier alpha value is -2.50. The largest absolute Gasteiger partial charge is 0.370 e. The second-order valence-electron chi connectivity index (χ2n) is 7.17. The summed E-state index contributed by atoms with van der Waals surface area (Å²) in [5, 5.41) is 7.40. The van der Waals surface area contributed by atoms with E-state index in [1.165, 1.54) is 17.7 Å². The van der Waals surface area contributed by atoms with Gasteiger partial charge >= 0.3 is 6.03 Å². The maximum Gasteiger partial charge on any atom is 0.317 e. The van der Waals surface area contributed by atoms with Crippen LogP contribution >= 0.6 is 0 Å². The van der Waals surface area contributed by atoms with E-state index in [2.05, 4.69) is 39.6 Å². The van der Waals surface area contributed by atoms with E-state index in [9.17, 15) is 4.79 Å². The zero-order valence-electron chi connectivity index (χ0n) is 15.2. The highest BCUT2D eigenvalue weighted by Crippen LogP contribution is 2.26. The van der Waals surface area contributed by atoms with Crippen LogP contribution in [0, 0.1) is 0 Å². The number of rotatable bonds is 5. The van der Waals surface area contributed by atoms with Crippen molar-refractivity contribution in [3.8, 4) is 0 Å². The van der Waals surface area contributed by atoms with Crippen LogP contribution in [0.2, 0.25) is 0 Å². The molecule has 1 saturated heterocycles. The molecule has 1 aromatic carbocycles. The molecule has 4 rings (SSSR count). The average molecular weight is 353 g/mol. The van der Waals surface area contributed by atoms with E-state index >= 15 is 0 Å². The Balaban J connectivity index is 1.29. The van der Waals surface area contributed by atoms with Crippen LogP contribution in [-0.4, -0.2) is 52.9 Å². The van der Waals surface area contributed by atoms with Gasteiger partial charge in [-0.15, -0.1) is 0 Å². The number of nitrogens with zero attached hydrogens (tertiary/aromatic N) is 4. The Morgan fingerprint density at radius 3 is 3.00 bits per heavy atom. The van der Waals surface area contributed by atoms with Crippen LogP contribution in [-0.2, 0) is 13.0 Å². The lowest BCUT2D eigenvalue weighted by atomic mass is 10.0. The van der Waals surface area contributed by atoms with E-state index < -0.39 is 0 Å². The van der Waals surface area contributed by atoms with Gasteiger partial charge in [-0.3, -0.25) is 4.68 Å². The molecule has 3 heterocycles. The third kappa shape index (κ3) is 3.69. The second-order valence-corrected chi connectivity index (χ2v) is 7.17. The Bertz CT molecular complexity index is 730. The van der Waals surface area contributed by atoms with Gasteiger partial charge in [0, 0.05) is 44.3 Å². The van der Waals surface area contributed by atoms with Crippen LogP contribution < -0.4 is 10.2 Å². The van der Waals surface area contributed by atoms with E-state index in [0.29, 0.717) is 6.54 Å². The molecule has 0 bridgehead atoms. The quantitative estimate of drug-likeness (QED) is 0.899. The van der Waals surface area contributed by atoms with Crippen molar-refractivity contribution in [1.29, 1.82) is 0 Å². The van der Waals surface area contributed by atoms with E-state index in [1.54, 1.807) is 6.20 Å². The van der Waals surface area contributed by atoms with Crippen molar-refractivity contribution >= 4 is 11.7 Å². The number of carbonyl (C=O) groups is 1. The van der Waals surface area contributed by atoms with Gasteiger partial charge in [0.05, 0.1) is 12.6 Å². The monoisotopic (exact) mass is 353 g/mol. The predicted molar refractivity (Wildman–Crippen MR) is 102 cm³/mol. The zero-order chi connectivity index (χ0) is 17.8. The van der Waals surface area contributed by atoms with Crippen LogP contribution in [0.5, 0.6) is 0 Å². The summed E-state index contributed by atoms with van der Waals surface area (Å²) in [5.74, 6) is 0. The topological polar surface area (TPSA) is 53.4 Å². The molecule has 0 radical (unpaired) electrons. The number of likely N-dealkylation sites (tertiary alicyclic amines) is 1. The Morgan fingerprint density at radius 2 is 2.12 bits per heavy atom. The lowest BCUT2D eigenvalue weighted by Crippen LogP contribution is -2.46. The SMILES string of the molecule is O=C(NCCN1CCCc2ccccc21)N1CCC[C@@H]1Cn1cccn1.